The Labute approximate surface area is 112 Å². The minimum Gasteiger partial charge on any atom is -0.355 e. The van der Waals surface area contributed by atoms with Crippen molar-refractivity contribution in [3.63, 3.8) is 0 Å². The minimum atomic E-state index is 0.107. The van der Waals surface area contributed by atoms with E-state index in [0.29, 0.717) is 24.8 Å². The first-order valence-corrected chi connectivity index (χ1v) is 7.69. The molecule has 0 radical (unpaired) electrons. The topological polar surface area (TPSA) is 55.1 Å². The molecule has 0 aromatic rings. The van der Waals surface area contributed by atoms with Crippen molar-refractivity contribution in [1.29, 1.82) is 0 Å². The van der Waals surface area contributed by atoms with Crippen LogP contribution in [0.3, 0.4) is 0 Å². The van der Waals surface area contributed by atoms with Gasteiger partial charge in [0.25, 0.3) is 0 Å². The Morgan fingerprint density at radius 3 is 2.39 bits per heavy atom. The zero-order valence-electron chi connectivity index (χ0n) is 12.1. The van der Waals surface area contributed by atoms with Crippen LogP contribution in [-0.4, -0.2) is 18.5 Å². The van der Waals surface area contributed by atoms with Crippen molar-refractivity contribution in [3.05, 3.63) is 0 Å². The van der Waals surface area contributed by atoms with Crippen LogP contribution < -0.4 is 11.1 Å². The largest absolute Gasteiger partial charge is 0.355 e. The van der Waals surface area contributed by atoms with Gasteiger partial charge < -0.3 is 11.1 Å². The summed E-state index contributed by atoms with van der Waals surface area (Å²) in [6.07, 6.45) is 9.29. The van der Waals surface area contributed by atoms with Gasteiger partial charge in [-0.15, -0.1) is 0 Å². The van der Waals surface area contributed by atoms with Crippen molar-refractivity contribution in [2.24, 2.45) is 17.6 Å². The maximum atomic E-state index is 11.8. The van der Waals surface area contributed by atoms with Crippen molar-refractivity contribution < 1.29 is 4.79 Å². The van der Waals surface area contributed by atoms with Gasteiger partial charge in [-0.05, 0) is 24.7 Å². The van der Waals surface area contributed by atoms with Crippen molar-refractivity contribution in [2.45, 2.75) is 71.3 Å². The molecule has 0 aliphatic heterocycles. The molecule has 1 saturated carbocycles. The molecule has 1 aliphatic carbocycles. The number of nitrogens with two attached hydrogens (primary N) is 1. The third-order valence-electron chi connectivity index (χ3n) is 4.39. The lowest BCUT2D eigenvalue weighted by molar-refractivity contribution is -0.122. The monoisotopic (exact) mass is 254 g/mol. The summed E-state index contributed by atoms with van der Waals surface area (Å²) < 4.78 is 0. The molecule has 1 unspecified atom stereocenters. The van der Waals surface area contributed by atoms with Crippen LogP contribution in [-0.2, 0) is 4.79 Å². The van der Waals surface area contributed by atoms with Gasteiger partial charge in [-0.2, -0.15) is 0 Å². The molecule has 0 aromatic carbocycles. The highest BCUT2D eigenvalue weighted by molar-refractivity contribution is 5.76. The third kappa shape index (κ3) is 5.38. The van der Waals surface area contributed by atoms with Crippen molar-refractivity contribution in [2.75, 3.05) is 6.54 Å². The Hall–Kier alpha value is -0.570. The molecule has 3 nitrogen and oxygen atoms in total. The molecule has 0 heterocycles. The molecule has 3 heteroatoms. The third-order valence-corrected chi connectivity index (χ3v) is 4.39. The second-order valence-electron chi connectivity index (χ2n) is 5.75. The molecule has 0 bridgehead atoms. The van der Waals surface area contributed by atoms with Gasteiger partial charge in [0.1, 0.15) is 0 Å². The van der Waals surface area contributed by atoms with E-state index < -0.39 is 0 Å². The van der Waals surface area contributed by atoms with Crippen LogP contribution in [0, 0.1) is 11.8 Å². The maximum absolute atomic E-state index is 11.8. The standard InChI is InChI=1S/C15H30N2O/c1-3-13(4-2)14(16)11-17-15(18)10-12-8-6-5-7-9-12/h12-14H,3-11,16H2,1-2H3,(H,17,18). The number of carbonyl (C=O) groups excluding carboxylic acids is 1. The van der Waals surface area contributed by atoms with Crippen LogP contribution in [0.15, 0.2) is 0 Å². The van der Waals surface area contributed by atoms with Gasteiger partial charge in [-0.1, -0.05) is 46.0 Å². The van der Waals surface area contributed by atoms with E-state index in [4.69, 9.17) is 5.73 Å². The van der Waals surface area contributed by atoms with Crippen LogP contribution in [0.2, 0.25) is 0 Å². The highest BCUT2D eigenvalue weighted by Crippen LogP contribution is 2.26. The van der Waals surface area contributed by atoms with Gasteiger partial charge in [0.15, 0.2) is 0 Å². The molecule has 1 fully saturated rings. The normalized spacial score (nSPS) is 18.9. The molecule has 1 atom stereocenters. The second kappa shape index (κ2) is 8.52. The van der Waals surface area contributed by atoms with Gasteiger partial charge in [0.05, 0.1) is 0 Å². The van der Waals surface area contributed by atoms with E-state index in [0.717, 1.165) is 12.8 Å². The fraction of sp³-hybridized carbons (Fsp3) is 0.933. The van der Waals surface area contributed by atoms with Crippen LogP contribution >= 0.6 is 0 Å². The summed E-state index contributed by atoms with van der Waals surface area (Å²) in [5.41, 5.74) is 6.11. The fourth-order valence-electron chi connectivity index (χ4n) is 3.02. The molecule has 1 rings (SSSR count). The van der Waals surface area contributed by atoms with Crippen molar-refractivity contribution in [3.8, 4) is 0 Å². The van der Waals surface area contributed by atoms with Gasteiger partial charge in [0, 0.05) is 19.0 Å². The van der Waals surface area contributed by atoms with Crippen LogP contribution in [0.4, 0.5) is 0 Å². The molecular formula is C15H30N2O. The van der Waals surface area contributed by atoms with Crippen molar-refractivity contribution >= 4 is 5.91 Å². The quantitative estimate of drug-likeness (QED) is 0.734. The predicted molar refractivity (Wildman–Crippen MR) is 76.2 cm³/mol. The van der Waals surface area contributed by atoms with E-state index in [1.54, 1.807) is 0 Å². The fourth-order valence-corrected chi connectivity index (χ4v) is 3.02. The zero-order valence-corrected chi connectivity index (χ0v) is 12.1. The number of rotatable bonds is 7. The molecule has 1 aliphatic rings. The number of hydrogen-bond acceptors (Lipinski definition) is 2. The number of hydrogen-bond donors (Lipinski definition) is 2. The number of nitrogens with one attached hydrogen (secondary N) is 1. The van der Waals surface area contributed by atoms with Gasteiger partial charge >= 0.3 is 0 Å². The zero-order chi connectivity index (χ0) is 13.4. The minimum absolute atomic E-state index is 0.107. The Bertz CT molecular complexity index is 233. The van der Waals surface area contributed by atoms with E-state index in [1.165, 1.54) is 32.1 Å². The summed E-state index contributed by atoms with van der Waals surface area (Å²) in [6.45, 7) is 4.97. The SMILES string of the molecule is CCC(CC)C(N)CNC(=O)CC1CCCCC1. The summed E-state index contributed by atoms with van der Waals surface area (Å²) in [6, 6.07) is 0.107. The Balaban J connectivity index is 2.19. The summed E-state index contributed by atoms with van der Waals surface area (Å²) in [7, 11) is 0. The number of carbonyl (C=O) groups is 1. The first-order chi connectivity index (χ1) is 8.67. The average Bonchev–Trinajstić information content (AvgIpc) is 2.39. The molecule has 0 aromatic heterocycles. The Morgan fingerprint density at radius 2 is 1.83 bits per heavy atom. The molecule has 3 N–H and O–H groups in total. The smallest absolute Gasteiger partial charge is 0.220 e. The first kappa shape index (κ1) is 15.5. The first-order valence-electron chi connectivity index (χ1n) is 7.69. The Kier molecular flexibility index (Phi) is 7.33. The molecule has 0 saturated heterocycles. The average molecular weight is 254 g/mol. The van der Waals surface area contributed by atoms with Crippen LogP contribution in [0.25, 0.3) is 0 Å². The molecule has 18 heavy (non-hydrogen) atoms. The predicted octanol–water partition coefficient (Wildman–Crippen LogP) is 2.84. The van der Waals surface area contributed by atoms with Crippen LogP contribution in [0.5, 0.6) is 0 Å². The lowest BCUT2D eigenvalue weighted by Crippen LogP contribution is -2.42. The summed E-state index contributed by atoms with van der Waals surface area (Å²) in [5.74, 6) is 1.34. The van der Waals surface area contributed by atoms with E-state index in [1.807, 2.05) is 0 Å². The van der Waals surface area contributed by atoms with Gasteiger partial charge in [-0.25, -0.2) is 0 Å². The molecular weight excluding hydrogens is 224 g/mol. The summed E-state index contributed by atoms with van der Waals surface area (Å²) in [4.78, 5) is 11.8. The van der Waals surface area contributed by atoms with Crippen molar-refractivity contribution in [1.82, 2.24) is 5.32 Å². The molecule has 106 valence electrons. The van der Waals surface area contributed by atoms with Gasteiger partial charge in [0.2, 0.25) is 5.91 Å². The summed E-state index contributed by atoms with van der Waals surface area (Å²) in [5, 5.41) is 3.01. The van der Waals surface area contributed by atoms with E-state index in [-0.39, 0.29) is 11.9 Å². The second-order valence-corrected chi connectivity index (χ2v) is 5.75. The molecule has 0 spiro atoms. The Morgan fingerprint density at radius 1 is 1.22 bits per heavy atom. The summed E-state index contributed by atoms with van der Waals surface area (Å²) >= 11 is 0. The molecule has 1 amide bonds. The van der Waals surface area contributed by atoms with E-state index in [9.17, 15) is 4.79 Å². The van der Waals surface area contributed by atoms with E-state index >= 15 is 0 Å². The number of amides is 1. The lowest BCUT2D eigenvalue weighted by Gasteiger charge is -2.23. The van der Waals surface area contributed by atoms with E-state index in [2.05, 4.69) is 19.2 Å². The maximum Gasteiger partial charge on any atom is 0.220 e. The highest BCUT2D eigenvalue weighted by Gasteiger charge is 2.18. The van der Waals surface area contributed by atoms with Gasteiger partial charge in [-0.3, -0.25) is 4.79 Å². The lowest BCUT2D eigenvalue weighted by atomic mass is 9.87. The van der Waals surface area contributed by atoms with Crippen LogP contribution in [0.1, 0.15) is 65.2 Å². The highest BCUT2D eigenvalue weighted by atomic mass is 16.1.